The number of rotatable bonds is 1. The number of hydrogen-bond acceptors (Lipinski definition) is 2. The van der Waals surface area contributed by atoms with Crippen LogP contribution in [0.25, 0.3) is 0 Å². The molecule has 0 radical (unpaired) electrons. The van der Waals surface area contributed by atoms with Crippen LogP contribution in [0.3, 0.4) is 0 Å². The van der Waals surface area contributed by atoms with Crippen LogP contribution >= 0.6 is 0 Å². The van der Waals surface area contributed by atoms with Crippen LogP contribution in [-0.4, -0.2) is 15.8 Å². The molecule has 1 aromatic rings. The van der Waals surface area contributed by atoms with E-state index >= 15 is 0 Å². The number of aromatic nitrogens is 2. The average Bonchev–Trinajstić information content (AvgIpc) is 2.51. The third-order valence-electron chi connectivity index (χ3n) is 2.99. The zero-order valence-corrected chi connectivity index (χ0v) is 8.11. The number of nitrogens with two attached hydrogens (primary N) is 1. The summed E-state index contributed by atoms with van der Waals surface area (Å²) in [7, 11) is 2.01. The number of nitrogens with zero attached hydrogens (tertiary/aromatic N) is 2. The molecule has 3 nitrogen and oxygen atoms in total. The molecule has 0 spiro atoms. The second-order valence-electron chi connectivity index (χ2n) is 4.00. The highest BCUT2D eigenvalue weighted by Crippen LogP contribution is 2.31. The first-order chi connectivity index (χ1) is 6.27. The molecular weight excluding hydrogens is 162 g/mol. The maximum Gasteiger partial charge on any atom is 0.0492 e. The minimum absolute atomic E-state index is 0.397. The van der Waals surface area contributed by atoms with E-state index in [0.29, 0.717) is 12.0 Å². The van der Waals surface area contributed by atoms with Crippen molar-refractivity contribution < 1.29 is 0 Å². The topological polar surface area (TPSA) is 43.8 Å². The van der Waals surface area contributed by atoms with E-state index in [2.05, 4.69) is 11.2 Å². The third kappa shape index (κ3) is 1.75. The Morgan fingerprint density at radius 2 is 2.38 bits per heavy atom. The normalized spacial score (nSPS) is 29.1. The summed E-state index contributed by atoms with van der Waals surface area (Å²) < 4.78 is 1.97. The van der Waals surface area contributed by atoms with Crippen molar-refractivity contribution in [3.8, 4) is 0 Å². The molecule has 1 heterocycles. The Bertz CT molecular complexity index is 279. The first-order valence-corrected chi connectivity index (χ1v) is 5.01. The Balaban J connectivity index is 2.12. The SMILES string of the molecule is Cn1nccc1[C@H]1CCC[C@@H](N)C1. The summed E-state index contributed by atoms with van der Waals surface area (Å²) in [6.07, 6.45) is 6.72. The van der Waals surface area contributed by atoms with Crippen molar-refractivity contribution in [3.05, 3.63) is 18.0 Å². The van der Waals surface area contributed by atoms with E-state index in [1.54, 1.807) is 0 Å². The Labute approximate surface area is 78.9 Å². The van der Waals surface area contributed by atoms with Gasteiger partial charge in [0.15, 0.2) is 0 Å². The molecule has 72 valence electrons. The highest BCUT2D eigenvalue weighted by atomic mass is 15.3. The predicted octanol–water partition coefficient (Wildman–Crippen LogP) is 1.41. The summed E-state index contributed by atoms with van der Waals surface area (Å²) >= 11 is 0. The molecule has 0 aromatic carbocycles. The van der Waals surface area contributed by atoms with Gasteiger partial charge in [0.2, 0.25) is 0 Å². The predicted molar refractivity (Wildman–Crippen MR) is 52.4 cm³/mol. The van der Waals surface area contributed by atoms with Gasteiger partial charge in [0.05, 0.1) is 0 Å². The fourth-order valence-electron chi connectivity index (χ4n) is 2.28. The summed E-state index contributed by atoms with van der Waals surface area (Å²) in [6.45, 7) is 0. The van der Waals surface area contributed by atoms with Gasteiger partial charge in [-0.3, -0.25) is 4.68 Å². The lowest BCUT2D eigenvalue weighted by Gasteiger charge is -2.26. The van der Waals surface area contributed by atoms with Crippen LogP contribution in [0.4, 0.5) is 0 Å². The van der Waals surface area contributed by atoms with E-state index in [1.807, 2.05) is 17.9 Å². The van der Waals surface area contributed by atoms with E-state index < -0.39 is 0 Å². The summed E-state index contributed by atoms with van der Waals surface area (Å²) in [5, 5.41) is 4.19. The molecule has 1 aromatic heterocycles. The molecule has 2 N–H and O–H groups in total. The van der Waals surface area contributed by atoms with Gasteiger partial charge in [-0.15, -0.1) is 0 Å². The fraction of sp³-hybridized carbons (Fsp3) is 0.700. The maximum atomic E-state index is 5.95. The molecular formula is C10H17N3. The quantitative estimate of drug-likeness (QED) is 0.708. The maximum absolute atomic E-state index is 5.95. The highest BCUT2D eigenvalue weighted by molar-refractivity contribution is 5.09. The van der Waals surface area contributed by atoms with Crippen LogP contribution in [-0.2, 0) is 7.05 Å². The van der Waals surface area contributed by atoms with E-state index in [9.17, 15) is 0 Å². The van der Waals surface area contributed by atoms with E-state index in [1.165, 1.54) is 25.0 Å². The molecule has 13 heavy (non-hydrogen) atoms. The summed E-state index contributed by atoms with van der Waals surface area (Å²) in [5.74, 6) is 0.635. The van der Waals surface area contributed by atoms with Gasteiger partial charge in [0.1, 0.15) is 0 Å². The second-order valence-corrected chi connectivity index (χ2v) is 4.00. The van der Waals surface area contributed by atoms with Gasteiger partial charge in [-0.1, -0.05) is 6.42 Å². The standard InChI is InChI=1S/C10H17N3/c1-13-10(5-6-12-13)8-3-2-4-9(11)7-8/h5-6,8-9H,2-4,7,11H2,1H3/t8-,9+/m0/s1. The molecule has 3 heteroatoms. The van der Waals surface area contributed by atoms with Crippen LogP contribution in [0, 0.1) is 0 Å². The first-order valence-electron chi connectivity index (χ1n) is 5.01. The lowest BCUT2D eigenvalue weighted by molar-refractivity contribution is 0.379. The van der Waals surface area contributed by atoms with Crippen LogP contribution in [0.2, 0.25) is 0 Å². The molecule has 1 fully saturated rings. The summed E-state index contributed by atoms with van der Waals surface area (Å²) in [5.41, 5.74) is 7.29. The zero-order chi connectivity index (χ0) is 9.26. The monoisotopic (exact) mass is 179 g/mol. The molecule has 1 aliphatic rings. The molecule has 0 aliphatic heterocycles. The number of hydrogen-bond donors (Lipinski definition) is 1. The molecule has 0 amide bonds. The second kappa shape index (κ2) is 3.50. The van der Waals surface area contributed by atoms with Gasteiger partial charge in [-0.2, -0.15) is 5.10 Å². The minimum Gasteiger partial charge on any atom is -0.328 e. The van der Waals surface area contributed by atoms with E-state index in [4.69, 9.17) is 5.73 Å². The highest BCUT2D eigenvalue weighted by Gasteiger charge is 2.22. The van der Waals surface area contributed by atoms with Crippen molar-refractivity contribution in [3.63, 3.8) is 0 Å². The molecule has 2 atom stereocenters. The smallest absolute Gasteiger partial charge is 0.0492 e. The van der Waals surface area contributed by atoms with Crippen LogP contribution in [0.15, 0.2) is 12.3 Å². The van der Waals surface area contributed by atoms with Crippen LogP contribution < -0.4 is 5.73 Å². The Morgan fingerprint density at radius 1 is 1.54 bits per heavy atom. The van der Waals surface area contributed by atoms with Crippen molar-refractivity contribution in [1.29, 1.82) is 0 Å². The van der Waals surface area contributed by atoms with E-state index in [-0.39, 0.29) is 0 Å². The summed E-state index contributed by atoms with van der Waals surface area (Å²) in [6, 6.07) is 2.51. The van der Waals surface area contributed by atoms with Gasteiger partial charge in [-0.05, 0) is 25.3 Å². The minimum atomic E-state index is 0.397. The van der Waals surface area contributed by atoms with Crippen molar-refractivity contribution in [2.45, 2.75) is 37.6 Å². The molecule has 0 bridgehead atoms. The molecule has 1 saturated carbocycles. The van der Waals surface area contributed by atoms with Crippen LogP contribution in [0.5, 0.6) is 0 Å². The van der Waals surface area contributed by atoms with Crippen molar-refractivity contribution in [2.75, 3.05) is 0 Å². The molecule has 0 unspecified atom stereocenters. The van der Waals surface area contributed by atoms with Gasteiger partial charge < -0.3 is 5.73 Å². The summed E-state index contributed by atoms with van der Waals surface area (Å²) in [4.78, 5) is 0. The first kappa shape index (κ1) is 8.75. The van der Waals surface area contributed by atoms with Gasteiger partial charge in [0.25, 0.3) is 0 Å². The van der Waals surface area contributed by atoms with E-state index in [0.717, 1.165) is 6.42 Å². The van der Waals surface area contributed by atoms with Crippen molar-refractivity contribution in [2.24, 2.45) is 12.8 Å². The average molecular weight is 179 g/mol. The lowest BCUT2D eigenvalue weighted by Crippen LogP contribution is -2.27. The van der Waals surface area contributed by atoms with Crippen LogP contribution in [0.1, 0.15) is 37.3 Å². The Morgan fingerprint density at radius 3 is 3.00 bits per heavy atom. The van der Waals surface area contributed by atoms with Gasteiger partial charge in [0, 0.05) is 30.9 Å². The van der Waals surface area contributed by atoms with Gasteiger partial charge >= 0.3 is 0 Å². The lowest BCUT2D eigenvalue weighted by atomic mass is 9.84. The van der Waals surface area contributed by atoms with Gasteiger partial charge in [-0.25, -0.2) is 0 Å². The Hall–Kier alpha value is -0.830. The third-order valence-corrected chi connectivity index (χ3v) is 2.99. The zero-order valence-electron chi connectivity index (χ0n) is 8.11. The largest absolute Gasteiger partial charge is 0.328 e. The molecule has 1 aliphatic carbocycles. The molecule has 2 rings (SSSR count). The van der Waals surface area contributed by atoms with Crippen molar-refractivity contribution >= 4 is 0 Å². The molecule has 0 saturated heterocycles. The Kier molecular flexibility index (Phi) is 2.36. The number of aryl methyl sites for hydroxylation is 1. The fourth-order valence-corrected chi connectivity index (χ4v) is 2.28. The van der Waals surface area contributed by atoms with Crippen molar-refractivity contribution in [1.82, 2.24) is 9.78 Å².